The van der Waals surface area contributed by atoms with Crippen molar-refractivity contribution in [1.29, 1.82) is 0 Å². The third-order valence-electron chi connectivity index (χ3n) is 4.05. The lowest BCUT2D eigenvalue weighted by Crippen LogP contribution is -2.37. The van der Waals surface area contributed by atoms with E-state index in [-0.39, 0.29) is 43.6 Å². The Morgan fingerprint density at radius 2 is 1.90 bits per heavy atom. The minimum atomic E-state index is -0.419. The molecular formula is C15H15NO5. The molecule has 0 spiro atoms. The SMILES string of the molecule is C#CCCC(=O)OCCN1C(=O)C2C3C=CC(O3)C2C1=O. The van der Waals surface area contributed by atoms with E-state index in [1.165, 1.54) is 4.90 Å². The number of hydrogen-bond acceptors (Lipinski definition) is 5. The number of hydrogen-bond donors (Lipinski definition) is 0. The minimum absolute atomic E-state index is 0.00391. The molecule has 6 heteroatoms. The molecule has 0 aromatic carbocycles. The predicted octanol–water partition coefficient (Wildman–Crippen LogP) is -0.119. The molecule has 3 aliphatic rings. The fraction of sp³-hybridized carbons (Fsp3) is 0.533. The molecule has 0 saturated carbocycles. The van der Waals surface area contributed by atoms with E-state index < -0.39 is 17.8 Å². The van der Waals surface area contributed by atoms with E-state index >= 15 is 0 Å². The molecule has 4 atom stereocenters. The molecule has 3 rings (SSSR count). The lowest BCUT2D eigenvalue weighted by molar-refractivity contribution is -0.149. The van der Waals surface area contributed by atoms with Crippen LogP contribution in [0.1, 0.15) is 12.8 Å². The van der Waals surface area contributed by atoms with E-state index in [0.29, 0.717) is 6.42 Å². The Kier molecular flexibility index (Phi) is 3.52. The van der Waals surface area contributed by atoms with Crippen LogP contribution in [0.25, 0.3) is 0 Å². The van der Waals surface area contributed by atoms with Crippen LogP contribution in [0.3, 0.4) is 0 Å². The van der Waals surface area contributed by atoms with Crippen LogP contribution in [0.5, 0.6) is 0 Å². The first-order valence-corrected chi connectivity index (χ1v) is 6.91. The highest BCUT2D eigenvalue weighted by Gasteiger charge is 2.60. The molecule has 2 bridgehead atoms. The topological polar surface area (TPSA) is 72.9 Å². The largest absolute Gasteiger partial charge is 0.464 e. The summed E-state index contributed by atoms with van der Waals surface area (Å²) in [5, 5.41) is 0. The van der Waals surface area contributed by atoms with Gasteiger partial charge in [-0.15, -0.1) is 12.3 Å². The zero-order valence-electron chi connectivity index (χ0n) is 11.4. The van der Waals surface area contributed by atoms with Gasteiger partial charge in [0.15, 0.2) is 0 Å². The number of ether oxygens (including phenoxy) is 2. The number of carbonyl (C=O) groups excluding carboxylic acids is 3. The van der Waals surface area contributed by atoms with E-state index in [1.54, 1.807) is 0 Å². The molecule has 0 aromatic rings. The lowest BCUT2D eigenvalue weighted by atomic mass is 9.85. The number of amides is 2. The van der Waals surface area contributed by atoms with Gasteiger partial charge >= 0.3 is 5.97 Å². The van der Waals surface area contributed by atoms with E-state index in [9.17, 15) is 14.4 Å². The Morgan fingerprint density at radius 1 is 1.29 bits per heavy atom. The van der Waals surface area contributed by atoms with Gasteiger partial charge in [0.25, 0.3) is 0 Å². The number of rotatable bonds is 5. The molecule has 3 aliphatic heterocycles. The molecule has 0 radical (unpaired) electrons. The van der Waals surface area contributed by atoms with Gasteiger partial charge in [0, 0.05) is 6.42 Å². The van der Waals surface area contributed by atoms with Crippen LogP contribution in [-0.2, 0) is 23.9 Å². The molecule has 6 nitrogen and oxygen atoms in total. The van der Waals surface area contributed by atoms with Crippen molar-refractivity contribution in [3.63, 3.8) is 0 Å². The molecule has 0 N–H and O–H groups in total. The van der Waals surface area contributed by atoms with Gasteiger partial charge in [-0.25, -0.2) is 0 Å². The number of terminal acetylenes is 1. The van der Waals surface area contributed by atoms with E-state index in [0.717, 1.165) is 0 Å². The predicted molar refractivity (Wildman–Crippen MR) is 70.5 cm³/mol. The maximum absolute atomic E-state index is 12.3. The number of fused-ring (bicyclic) bond motifs is 5. The summed E-state index contributed by atoms with van der Waals surface area (Å²) in [6, 6.07) is 0. The number of esters is 1. The van der Waals surface area contributed by atoms with Crippen LogP contribution in [0.2, 0.25) is 0 Å². The standard InChI is InChI=1S/C15H15NO5/c1-2-3-4-11(17)20-8-7-16-14(18)12-9-5-6-10(21-9)13(12)15(16)19/h1,5-6,9-10,12-13H,3-4,7-8H2. The fourth-order valence-electron chi connectivity index (χ4n) is 3.08. The minimum Gasteiger partial charge on any atom is -0.464 e. The van der Waals surface area contributed by atoms with Gasteiger partial charge in [-0.1, -0.05) is 12.2 Å². The zero-order chi connectivity index (χ0) is 15.0. The van der Waals surface area contributed by atoms with Crippen molar-refractivity contribution < 1.29 is 23.9 Å². The van der Waals surface area contributed by atoms with Gasteiger partial charge in [-0.3, -0.25) is 19.3 Å². The van der Waals surface area contributed by atoms with Gasteiger partial charge in [0.1, 0.15) is 6.61 Å². The Balaban J connectivity index is 1.54. The number of likely N-dealkylation sites (tertiary alicyclic amines) is 1. The first-order chi connectivity index (χ1) is 10.1. The Hall–Kier alpha value is -2.13. The molecule has 4 unspecified atom stereocenters. The second kappa shape index (κ2) is 5.34. The summed E-state index contributed by atoms with van der Waals surface area (Å²) < 4.78 is 10.5. The lowest BCUT2D eigenvalue weighted by Gasteiger charge is -2.17. The van der Waals surface area contributed by atoms with Crippen LogP contribution < -0.4 is 0 Å². The van der Waals surface area contributed by atoms with Gasteiger partial charge < -0.3 is 9.47 Å². The highest BCUT2D eigenvalue weighted by atomic mass is 16.5. The Morgan fingerprint density at radius 3 is 2.48 bits per heavy atom. The fourth-order valence-corrected chi connectivity index (χ4v) is 3.08. The van der Waals surface area contributed by atoms with Crippen molar-refractivity contribution in [3.05, 3.63) is 12.2 Å². The summed E-state index contributed by atoms with van der Waals surface area (Å²) in [5.74, 6) is 0.634. The second-order valence-corrected chi connectivity index (χ2v) is 5.25. The van der Waals surface area contributed by atoms with Crippen LogP contribution >= 0.6 is 0 Å². The summed E-state index contributed by atoms with van der Waals surface area (Å²) in [6.45, 7) is 0.0931. The highest BCUT2D eigenvalue weighted by molar-refractivity contribution is 6.06. The van der Waals surface area contributed by atoms with Crippen molar-refractivity contribution in [3.8, 4) is 12.3 Å². The average molecular weight is 289 g/mol. The van der Waals surface area contributed by atoms with Gasteiger partial charge in [0.05, 0.1) is 37.0 Å². The number of nitrogens with zero attached hydrogens (tertiary/aromatic N) is 1. The summed E-state index contributed by atoms with van der Waals surface area (Å²) in [5.41, 5.74) is 0. The normalized spacial score (nSPS) is 32.4. The molecule has 0 aliphatic carbocycles. The van der Waals surface area contributed by atoms with Crippen LogP contribution in [0.4, 0.5) is 0 Å². The summed E-state index contributed by atoms with van der Waals surface area (Å²) in [4.78, 5) is 37.0. The smallest absolute Gasteiger partial charge is 0.306 e. The second-order valence-electron chi connectivity index (χ2n) is 5.25. The number of imide groups is 1. The summed E-state index contributed by atoms with van der Waals surface area (Å²) >= 11 is 0. The van der Waals surface area contributed by atoms with Crippen molar-refractivity contribution >= 4 is 17.8 Å². The number of carbonyl (C=O) groups is 3. The molecule has 2 saturated heterocycles. The monoisotopic (exact) mass is 289 g/mol. The molecular weight excluding hydrogens is 274 g/mol. The molecule has 0 aromatic heterocycles. The summed E-state index contributed by atoms with van der Waals surface area (Å²) in [7, 11) is 0. The maximum atomic E-state index is 12.3. The van der Waals surface area contributed by atoms with E-state index in [4.69, 9.17) is 15.9 Å². The van der Waals surface area contributed by atoms with Crippen LogP contribution in [-0.4, -0.2) is 48.0 Å². The summed E-state index contributed by atoms with van der Waals surface area (Å²) in [6.07, 6.45) is 8.60. The van der Waals surface area contributed by atoms with Gasteiger partial charge in [-0.05, 0) is 0 Å². The molecule has 2 fully saturated rings. The molecule has 3 heterocycles. The Bertz CT molecular complexity index is 531. The van der Waals surface area contributed by atoms with Crippen LogP contribution in [0.15, 0.2) is 12.2 Å². The third-order valence-corrected chi connectivity index (χ3v) is 4.05. The average Bonchev–Trinajstić information content (AvgIpc) is 3.14. The maximum Gasteiger partial charge on any atom is 0.306 e. The van der Waals surface area contributed by atoms with E-state index in [2.05, 4.69) is 5.92 Å². The van der Waals surface area contributed by atoms with Crippen molar-refractivity contribution in [2.75, 3.05) is 13.2 Å². The third kappa shape index (κ3) is 2.24. The molecule has 2 amide bonds. The zero-order valence-corrected chi connectivity index (χ0v) is 11.4. The molecule has 110 valence electrons. The van der Waals surface area contributed by atoms with Crippen molar-refractivity contribution in [1.82, 2.24) is 4.90 Å². The Labute approximate surface area is 122 Å². The van der Waals surface area contributed by atoms with Gasteiger partial charge in [-0.2, -0.15) is 0 Å². The van der Waals surface area contributed by atoms with Gasteiger partial charge in [0.2, 0.25) is 11.8 Å². The first kappa shape index (κ1) is 13.8. The van der Waals surface area contributed by atoms with Crippen molar-refractivity contribution in [2.45, 2.75) is 25.0 Å². The quantitative estimate of drug-likeness (QED) is 0.305. The highest BCUT2D eigenvalue weighted by Crippen LogP contribution is 2.44. The van der Waals surface area contributed by atoms with Crippen molar-refractivity contribution in [2.24, 2.45) is 11.8 Å². The molecule has 21 heavy (non-hydrogen) atoms. The van der Waals surface area contributed by atoms with E-state index in [1.807, 2.05) is 12.2 Å². The first-order valence-electron chi connectivity index (χ1n) is 6.91. The van der Waals surface area contributed by atoms with Crippen LogP contribution in [0, 0.1) is 24.2 Å².